The molecule has 4 rings (SSSR count). The fourth-order valence-corrected chi connectivity index (χ4v) is 4.02. The van der Waals surface area contributed by atoms with Crippen LogP contribution in [0.15, 0.2) is 57.7 Å². The Bertz CT molecular complexity index is 967. The highest BCUT2D eigenvalue weighted by Crippen LogP contribution is 2.52. The maximum Gasteiger partial charge on any atom is 0.442 e. The molecule has 1 N–H and O–H groups in total. The standard InChI is InChI=1S/C15H13F3N6O2S/c16-15(17,18)14(22-23-14)10-3-5-12(6-4-10)27(25,26)21-11-8-24(9-11)13-2-1-7-19-20-13/h1-7,11,21H,8-9H2. The third-order valence-electron chi connectivity index (χ3n) is 4.35. The fraction of sp³-hybridized carbons (Fsp3) is 0.333. The Balaban J connectivity index is 1.42. The number of anilines is 1. The lowest BCUT2D eigenvalue weighted by Crippen LogP contribution is -2.59. The van der Waals surface area contributed by atoms with Crippen molar-refractivity contribution in [1.29, 1.82) is 0 Å². The van der Waals surface area contributed by atoms with Crippen molar-refractivity contribution in [2.75, 3.05) is 18.0 Å². The summed E-state index contributed by atoms with van der Waals surface area (Å²) in [5, 5.41) is 13.9. The van der Waals surface area contributed by atoms with Crippen molar-refractivity contribution in [3.05, 3.63) is 48.2 Å². The van der Waals surface area contributed by atoms with Crippen molar-refractivity contribution in [3.8, 4) is 0 Å². The van der Waals surface area contributed by atoms with E-state index in [2.05, 4.69) is 25.1 Å². The van der Waals surface area contributed by atoms with Gasteiger partial charge in [-0.25, -0.2) is 13.1 Å². The molecule has 12 heteroatoms. The molecule has 142 valence electrons. The third kappa shape index (κ3) is 3.14. The molecule has 0 bridgehead atoms. The molecule has 8 nitrogen and oxygen atoms in total. The van der Waals surface area contributed by atoms with Crippen LogP contribution in [0.1, 0.15) is 5.56 Å². The Hall–Kier alpha value is -2.60. The highest BCUT2D eigenvalue weighted by molar-refractivity contribution is 7.89. The summed E-state index contributed by atoms with van der Waals surface area (Å²) in [5.41, 5.74) is -2.78. The van der Waals surface area contributed by atoms with Gasteiger partial charge in [-0.1, -0.05) is 12.1 Å². The predicted molar refractivity (Wildman–Crippen MR) is 87.4 cm³/mol. The molecular weight excluding hydrogens is 385 g/mol. The zero-order valence-corrected chi connectivity index (χ0v) is 14.4. The Morgan fingerprint density at radius 2 is 1.78 bits per heavy atom. The van der Waals surface area contributed by atoms with Crippen LogP contribution in [0.5, 0.6) is 0 Å². The van der Waals surface area contributed by atoms with Crippen LogP contribution in [-0.2, 0) is 15.7 Å². The first-order chi connectivity index (χ1) is 12.7. The first-order valence-electron chi connectivity index (χ1n) is 7.88. The Morgan fingerprint density at radius 1 is 1.11 bits per heavy atom. The number of hydrogen-bond donors (Lipinski definition) is 1. The molecule has 0 unspecified atom stereocenters. The van der Waals surface area contributed by atoms with Crippen LogP contribution in [-0.4, -0.2) is 43.9 Å². The molecule has 0 saturated carbocycles. The molecule has 1 aromatic heterocycles. The number of nitrogens with one attached hydrogen (secondary N) is 1. The van der Waals surface area contributed by atoms with Crippen molar-refractivity contribution in [3.63, 3.8) is 0 Å². The number of rotatable bonds is 5. The second-order valence-electron chi connectivity index (χ2n) is 6.20. The molecular formula is C15H13F3N6O2S. The summed E-state index contributed by atoms with van der Waals surface area (Å²) >= 11 is 0. The average Bonchev–Trinajstić information content (AvgIpc) is 3.40. The predicted octanol–water partition coefficient (Wildman–Crippen LogP) is 1.82. The minimum absolute atomic E-state index is 0.123. The van der Waals surface area contributed by atoms with Gasteiger partial charge < -0.3 is 4.90 Å². The van der Waals surface area contributed by atoms with Gasteiger partial charge in [0, 0.05) is 24.8 Å². The van der Waals surface area contributed by atoms with Gasteiger partial charge in [-0.2, -0.15) is 18.3 Å². The van der Waals surface area contributed by atoms with E-state index in [9.17, 15) is 21.6 Å². The smallest absolute Gasteiger partial charge is 0.352 e. The summed E-state index contributed by atoms with van der Waals surface area (Å²) in [6, 6.07) is 7.56. The zero-order valence-electron chi connectivity index (χ0n) is 13.6. The summed E-state index contributed by atoms with van der Waals surface area (Å²) in [4.78, 5) is 1.73. The van der Waals surface area contributed by atoms with Gasteiger partial charge in [0.25, 0.3) is 0 Å². The Labute approximate surface area is 152 Å². The molecule has 2 aliphatic heterocycles. The summed E-state index contributed by atoms with van der Waals surface area (Å²) in [5.74, 6) is 0.645. The van der Waals surface area contributed by atoms with E-state index in [0.29, 0.717) is 18.9 Å². The van der Waals surface area contributed by atoms with Crippen LogP contribution in [0.3, 0.4) is 0 Å². The number of benzene rings is 1. The van der Waals surface area contributed by atoms with Crippen LogP contribution in [0.4, 0.5) is 19.0 Å². The van der Waals surface area contributed by atoms with E-state index in [4.69, 9.17) is 0 Å². The highest BCUT2D eigenvalue weighted by atomic mass is 32.2. The number of aromatic nitrogens is 2. The molecule has 0 spiro atoms. The molecule has 3 heterocycles. The molecule has 2 aliphatic rings. The van der Waals surface area contributed by atoms with Gasteiger partial charge in [-0.05, 0) is 24.3 Å². The van der Waals surface area contributed by atoms with Crippen LogP contribution < -0.4 is 9.62 Å². The van der Waals surface area contributed by atoms with Gasteiger partial charge in [0.1, 0.15) is 0 Å². The lowest BCUT2D eigenvalue weighted by Gasteiger charge is -2.39. The van der Waals surface area contributed by atoms with Gasteiger partial charge in [-0.15, -0.1) is 15.3 Å². The van der Waals surface area contributed by atoms with E-state index in [1.54, 1.807) is 12.1 Å². The maximum atomic E-state index is 13.0. The number of alkyl halides is 3. The summed E-state index contributed by atoms with van der Waals surface area (Å²) in [6.07, 6.45) is -3.11. The van der Waals surface area contributed by atoms with E-state index in [0.717, 1.165) is 24.3 Å². The van der Waals surface area contributed by atoms with Crippen molar-refractivity contribution < 1.29 is 21.6 Å². The van der Waals surface area contributed by atoms with Crippen molar-refractivity contribution in [2.45, 2.75) is 22.8 Å². The fourth-order valence-electron chi connectivity index (χ4n) is 2.80. The van der Waals surface area contributed by atoms with Gasteiger partial charge in [0.15, 0.2) is 5.82 Å². The largest absolute Gasteiger partial charge is 0.442 e. The molecule has 2 aromatic rings. The normalized spacial score (nSPS) is 19.0. The molecule has 1 fully saturated rings. The molecule has 0 aliphatic carbocycles. The quantitative estimate of drug-likeness (QED) is 0.828. The number of sulfonamides is 1. The Morgan fingerprint density at radius 3 is 2.30 bits per heavy atom. The van der Waals surface area contributed by atoms with E-state index in [1.807, 2.05) is 4.90 Å². The van der Waals surface area contributed by atoms with E-state index >= 15 is 0 Å². The molecule has 0 amide bonds. The summed E-state index contributed by atoms with van der Waals surface area (Å²) in [6.45, 7) is 0.843. The maximum absolute atomic E-state index is 13.0. The monoisotopic (exact) mass is 398 g/mol. The van der Waals surface area contributed by atoms with E-state index < -0.39 is 21.9 Å². The SMILES string of the molecule is O=S(=O)(NC1CN(c2cccnn2)C1)c1ccc(C2(C(F)(F)F)N=N2)cc1. The van der Waals surface area contributed by atoms with Crippen LogP contribution >= 0.6 is 0 Å². The minimum atomic E-state index is -4.65. The third-order valence-corrected chi connectivity index (χ3v) is 5.88. The van der Waals surface area contributed by atoms with Crippen molar-refractivity contribution in [2.24, 2.45) is 10.2 Å². The van der Waals surface area contributed by atoms with Gasteiger partial charge in [0.2, 0.25) is 10.0 Å². The molecule has 1 aromatic carbocycles. The van der Waals surface area contributed by atoms with Crippen molar-refractivity contribution in [1.82, 2.24) is 14.9 Å². The van der Waals surface area contributed by atoms with Gasteiger partial charge in [-0.3, -0.25) is 0 Å². The van der Waals surface area contributed by atoms with Gasteiger partial charge >= 0.3 is 11.8 Å². The van der Waals surface area contributed by atoms with Crippen LogP contribution in [0.2, 0.25) is 0 Å². The highest BCUT2D eigenvalue weighted by Gasteiger charge is 2.65. The summed E-state index contributed by atoms with van der Waals surface area (Å²) < 4.78 is 66.3. The van der Waals surface area contributed by atoms with E-state index in [1.165, 1.54) is 6.20 Å². The number of hydrogen-bond acceptors (Lipinski definition) is 7. The Kier molecular flexibility index (Phi) is 3.93. The summed E-state index contributed by atoms with van der Waals surface area (Å²) in [7, 11) is -3.86. The number of halogens is 3. The molecule has 27 heavy (non-hydrogen) atoms. The zero-order chi connectivity index (χ0) is 19.3. The first kappa shape index (κ1) is 17.8. The number of nitrogens with zero attached hydrogens (tertiary/aromatic N) is 5. The average molecular weight is 398 g/mol. The van der Waals surface area contributed by atoms with Crippen LogP contribution in [0.25, 0.3) is 0 Å². The second kappa shape index (κ2) is 5.96. The van der Waals surface area contributed by atoms with Gasteiger partial charge in [0.05, 0.1) is 10.9 Å². The first-order valence-corrected chi connectivity index (χ1v) is 9.36. The lowest BCUT2D eigenvalue weighted by atomic mass is 10.0. The lowest BCUT2D eigenvalue weighted by molar-refractivity contribution is -0.166. The topological polar surface area (TPSA) is 99.9 Å². The molecule has 1 saturated heterocycles. The molecule has 0 radical (unpaired) electrons. The minimum Gasteiger partial charge on any atom is -0.352 e. The molecule has 0 atom stereocenters. The van der Waals surface area contributed by atoms with Crippen molar-refractivity contribution >= 4 is 15.8 Å². The van der Waals surface area contributed by atoms with E-state index in [-0.39, 0.29) is 16.5 Å². The second-order valence-corrected chi connectivity index (χ2v) is 7.91. The van der Waals surface area contributed by atoms with Crippen LogP contribution in [0, 0.1) is 0 Å².